The summed E-state index contributed by atoms with van der Waals surface area (Å²) >= 11 is 0. The maximum absolute atomic E-state index is 12.5. The van der Waals surface area contributed by atoms with Crippen molar-refractivity contribution in [2.75, 3.05) is 11.9 Å². The highest BCUT2D eigenvalue weighted by atomic mass is 16.5. The first-order valence-corrected chi connectivity index (χ1v) is 8.30. The van der Waals surface area contributed by atoms with Gasteiger partial charge in [0.15, 0.2) is 0 Å². The summed E-state index contributed by atoms with van der Waals surface area (Å²) in [6.45, 7) is 4.54. The number of amides is 1. The van der Waals surface area contributed by atoms with Crippen LogP contribution < -0.4 is 15.8 Å². The number of nitrogens with two attached hydrogens (primary N) is 1. The second-order valence-electron chi connectivity index (χ2n) is 6.65. The predicted octanol–water partition coefficient (Wildman–Crippen LogP) is 3.71. The van der Waals surface area contributed by atoms with E-state index >= 15 is 0 Å². The van der Waals surface area contributed by atoms with Gasteiger partial charge in [-0.3, -0.25) is 4.79 Å². The van der Waals surface area contributed by atoms with Gasteiger partial charge in [0.1, 0.15) is 5.75 Å². The van der Waals surface area contributed by atoms with Gasteiger partial charge in [-0.2, -0.15) is 0 Å². The summed E-state index contributed by atoms with van der Waals surface area (Å²) in [4.78, 5) is 12.5. The second-order valence-corrected chi connectivity index (χ2v) is 6.65. The molecule has 0 heterocycles. The fourth-order valence-electron chi connectivity index (χ4n) is 3.22. The third-order valence-corrected chi connectivity index (χ3v) is 4.41. The number of hydrogen-bond donors (Lipinski definition) is 2. The summed E-state index contributed by atoms with van der Waals surface area (Å²) in [7, 11) is 0. The predicted molar refractivity (Wildman–Crippen MR) is 90.0 cm³/mol. The topological polar surface area (TPSA) is 64.3 Å². The maximum Gasteiger partial charge on any atom is 0.225 e. The lowest BCUT2D eigenvalue weighted by Crippen LogP contribution is -2.36. The molecule has 22 heavy (non-hydrogen) atoms. The molecule has 0 aromatic heterocycles. The minimum absolute atomic E-state index is 0.0177. The molecule has 3 N–H and O–H groups in total. The SMILES string of the molecule is CC(C)Oc1ccccc1NC(=O)CC1(CN)CCCCC1. The number of nitrogens with one attached hydrogen (secondary N) is 1. The third-order valence-electron chi connectivity index (χ3n) is 4.41. The van der Waals surface area contributed by atoms with Gasteiger partial charge in [-0.05, 0) is 50.8 Å². The van der Waals surface area contributed by atoms with Gasteiger partial charge in [-0.1, -0.05) is 31.4 Å². The van der Waals surface area contributed by atoms with Crippen molar-refractivity contribution in [3.8, 4) is 5.75 Å². The van der Waals surface area contributed by atoms with E-state index in [4.69, 9.17) is 10.5 Å². The molecule has 4 nitrogen and oxygen atoms in total. The largest absolute Gasteiger partial charge is 0.489 e. The number of rotatable bonds is 6. The Bertz CT molecular complexity index is 494. The fourth-order valence-corrected chi connectivity index (χ4v) is 3.22. The van der Waals surface area contributed by atoms with E-state index in [2.05, 4.69) is 5.32 Å². The first kappa shape index (κ1) is 16.8. The highest BCUT2D eigenvalue weighted by molar-refractivity contribution is 5.92. The summed E-state index contributed by atoms with van der Waals surface area (Å²) in [5.41, 5.74) is 6.69. The van der Waals surface area contributed by atoms with Gasteiger partial charge in [-0.25, -0.2) is 0 Å². The van der Waals surface area contributed by atoms with Crippen molar-refractivity contribution < 1.29 is 9.53 Å². The molecule has 0 radical (unpaired) electrons. The molecule has 1 aliphatic carbocycles. The van der Waals surface area contributed by atoms with Crippen LogP contribution in [0.25, 0.3) is 0 Å². The summed E-state index contributed by atoms with van der Waals surface area (Å²) in [5, 5.41) is 3.00. The molecular formula is C18H28N2O2. The Labute approximate surface area is 133 Å². The summed E-state index contributed by atoms with van der Waals surface area (Å²) in [6.07, 6.45) is 6.30. The summed E-state index contributed by atoms with van der Waals surface area (Å²) in [6, 6.07) is 7.58. The molecule has 1 amide bonds. The van der Waals surface area contributed by atoms with Gasteiger partial charge in [0.05, 0.1) is 11.8 Å². The molecular weight excluding hydrogens is 276 g/mol. The molecule has 0 aliphatic heterocycles. The lowest BCUT2D eigenvalue weighted by atomic mass is 9.71. The molecule has 4 heteroatoms. The molecule has 0 saturated heterocycles. The van der Waals surface area contributed by atoms with Crippen molar-refractivity contribution in [2.45, 2.75) is 58.5 Å². The van der Waals surface area contributed by atoms with Crippen molar-refractivity contribution in [3.05, 3.63) is 24.3 Å². The molecule has 2 rings (SSSR count). The minimum atomic E-state index is -0.0177. The molecule has 1 aliphatic rings. The van der Waals surface area contributed by atoms with Gasteiger partial charge in [0.25, 0.3) is 0 Å². The fraction of sp³-hybridized carbons (Fsp3) is 0.611. The zero-order chi connectivity index (χ0) is 16.0. The second kappa shape index (κ2) is 7.63. The summed E-state index contributed by atoms with van der Waals surface area (Å²) < 4.78 is 5.75. The Morgan fingerprint density at radius 1 is 1.27 bits per heavy atom. The van der Waals surface area contributed by atoms with Gasteiger partial charge >= 0.3 is 0 Å². The van der Waals surface area contributed by atoms with E-state index in [1.807, 2.05) is 38.1 Å². The Morgan fingerprint density at radius 3 is 2.59 bits per heavy atom. The van der Waals surface area contributed by atoms with Crippen molar-refractivity contribution in [1.82, 2.24) is 0 Å². The van der Waals surface area contributed by atoms with Crippen molar-refractivity contribution >= 4 is 11.6 Å². The van der Waals surface area contributed by atoms with Crippen LogP contribution in [0.4, 0.5) is 5.69 Å². The Morgan fingerprint density at radius 2 is 1.95 bits per heavy atom. The van der Waals surface area contributed by atoms with E-state index in [0.717, 1.165) is 24.3 Å². The molecule has 0 atom stereocenters. The first-order valence-electron chi connectivity index (χ1n) is 8.30. The quantitative estimate of drug-likeness (QED) is 0.842. The van der Waals surface area contributed by atoms with Crippen molar-refractivity contribution in [3.63, 3.8) is 0 Å². The highest BCUT2D eigenvalue weighted by Gasteiger charge is 2.33. The molecule has 0 unspecified atom stereocenters. The van der Waals surface area contributed by atoms with Crippen LogP contribution in [0.5, 0.6) is 5.75 Å². The standard InChI is InChI=1S/C18H28N2O2/c1-14(2)22-16-9-5-4-8-15(16)20-17(21)12-18(13-19)10-6-3-7-11-18/h4-5,8-9,14H,3,6-7,10-13,19H2,1-2H3,(H,20,21). The van der Waals surface area contributed by atoms with Crippen LogP contribution in [0.2, 0.25) is 0 Å². The number of benzene rings is 1. The van der Waals surface area contributed by atoms with Crippen LogP contribution >= 0.6 is 0 Å². The monoisotopic (exact) mass is 304 g/mol. The Kier molecular flexibility index (Phi) is 5.83. The third kappa shape index (κ3) is 4.47. The van der Waals surface area contributed by atoms with E-state index < -0.39 is 0 Å². The van der Waals surface area contributed by atoms with Crippen molar-refractivity contribution in [1.29, 1.82) is 0 Å². The first-order chi connectivity index (χ1) is 10.5. The zero-order valence-corrected chi connectivity index (χ0v) is 13.7. The summed E-state index contributed by atoms with van der Waals surface area (Å²) in [5.74, 6) is 0.753. The minimum Gasteiger partial charge on any atom is -0.489 e. The number of carbonyl (C=O) groups is 1. The molecule has 1 aromatic rings. The Balaban J connectivity index is 2.02. The lowest BCUT2D eigenvalue weighted by Gasteiger charge is -2.35. The van der Waals surface area contributed by atoms with Gasteiger partial charge < -0.3 is 15.8 Å². The van der Waals surface area contributed by atoms with Crippen LogP contribution in [0.15, 0.2) is 24.3 Å². The molecule has 0 spiro atoms. The molecule has 1 aromatic carbocycles. The molecule has 0 bridgehead atoms. The normalized spacial score (nSPS) is 17.3. The van der Waals surface area contributed by atoms with E-state index in [-0.39, 0.29) is 17.4 Å². The van der Waals surface area contributed by atoms with Crippen LogP contribution in [0.1, 0.15) is 52.4 Å². The number of anilines is 1. The number of ether oxygens (including phenoxy) is 1. The van der Waals surface area contributed by atoms with Crippen LogP contribution in [0, 0.1) is 5.41 Å². The molecule has 1 fully saturated rings. The maximum atomic E-state index is 12.5. The van der Waals surface area contributed by atoms with E-state index in [1.165, 1.54) is 19.3 Å². The number of carbonyl (C=O) groups excluding carboxylic acids is 1. The van der Waals surface area contributed by atoms with Crippen molar-refractivity contribution in [2.24, 2.45) is 11.1 Å². The van der Waals surface area contributed by atoms with Gasteiger partial charge in [0, 0.05) is 6.42 Å². The molecule has 1 saturated carbocycles. The van der Waals surface area contributed by atoms with Crippen LogP contribution in [-0.4, -0.2) is 18.6 Å². The molecule has 122 valence electrons. The zero-order valence-electron chi connectivity index (χ0n) is 13.7. The highest BCUT2D eigenvalue weighted by Crippen LogP contribution is 2.38. The van der Waals surface area contributed by atoms with E-state index in [1.54, 1.807) is 0 Å². The van der Waals surface area contributed by atoms with E-state index in [9.17, 15) is 4.79 Å². The van der Waals surface area contributed by atoms with Gasteiger partial charge in [0.2, 0.25) is 5.91 Å². The smallest absolute Gasteiger partial charge is 0.225 e. The van der Waals surface area contributed by atoms with Gasteiger partial charge in [-0.15, -0.1) is 0 Å². The average molecular weight is 304 g/mol. The lowest BCUT2D eigenvalue weighted by molar-refractivity contribution is -0.118. The van der Waals surface area contributed by atoms with E-state index in [0.29, 0.717) is 13.0 Å². The Hall–Kier alpha value is -1.55. The van der Waals surface area contributed by atoms with Crippen LogP contribution in [-0.2, 0) is 4.79 Å². The average Bonchev–Trinajstić information content (AvgIpc) is 2.49. The van der Waals surface area contributed by atoms with Crippen LogP contribution in [0.3, 0.4) is 0 Å². The number of hydrogen-bond acceptors (Lipinski definition) is 3. The number of para-hydroxylation sites is 2.